The molecule has 0 spiro atoms. The van der Waals surface area contributed by atoms with Gasteiger partial charge >= 0.3 is 5.97 Å². The second-order valence-corrected chi connectivity index (χ2v) is 5.81. The van der Waals surface area contributed by atoms with Crippen LogP contribution in [0.2, 0.25) is 0 Å². The van der Waals surface area contributed by atoms with Gasteiger partial charge in [-0.05, 0) is 48.1 Å². The predicted octanol–water partition coefficient (Wildman–Crippen LogP) is 2.90. The summed E-state index contributed by atoms with van der Waals surface area (Å²) in [5.74, 6) is 0.277. The first kappa shape index (κ1) is 16.9. The number of ether oxygens (including phenoxy) is 2. The lowest BCUT2D eigenvalue weighted by Gasteiger charge is -2.09. The fourth-order valence-corrected chi connectivity index (χ4v) is 2.81. The van der Waals surface area contributed by atoms with Crippen molar-refractivity contribution < 1.29 is 14.3 Å². The molecule has 1 heterocycles. The van der Waals surface area contributed by atoms with Crippen molar-refractivity contribution in [1.82, 2.24) is 9.55 Å². The molecule has 0 radical (unpaired) electrons. The van der Waals surface area contributed by atoms with E-state index in [1.807, 2.05) is 24.3 Å². The molecule has 7 heteroatoms. The molecular formula is C18H16N2O4S. The molecule has 1 aromatic heterocycles. The highest BCUT2D eigenvalue weighted by molar-refractivity contribution is 7.71. The van der Waals surface area contributed by atoms with Crippen molar-refractivity contribution in [2.45, 2.75) is 6.54 Å². The molecule has 0 saturated carbocycles. The van der Waals surface area contributed by atoms with Gasteiger partial charge in [0, 0.05) is 0 Å². The van der Waals surface area contributed by atoms with Crippen molar-refractivity contribution in [1.29, 1.82) is 0 Å². The summed E-state index contributed by atoms with van der Waals surface area (Å²) in [4.78, 5) is 27.4. The van der Waals surface area contributed by atoms with Crippen LogP contribution in [-0.4, -0.2) is 29.7 Å². The number of carbonyl (C=O) groups is 1. The van der Waals surface area contributed by atoms with Gasteiger partial charge in [-0.2, -0.15) is 0 Å². The topological polar surface area (TPSA) is 73.3 Å². The van der Waals surface area contributed by atoms with E-state index in [-0.39, 0.29) is 10.3 Å². The maximum absolute atomic E-state index is 12.8. The van der Waals surface area contributed by atoms with Crippen molar-refractivity contribution >= 4 is 29.1 Å². The summed E-state index contributed by atoms with van der Waals surface area (Å²) in [7, 11) is 2.91. The van der Waals surface area contributed by atoms with Gasteiger partial charge in [-0.15, -0.1) is 0 Å². The van der Waals surface area contributed by atoms with Gasteiger partial charge in [0.2, 0.25) is 0 Å². The van der Waals surface area contributed by atoms with Gasteiger partial charge in [0.15, 0.2) is 4.77 Å². The summed E-state index contributed by atoms with van der Waals surface area (Å²) in [5, 5.41) is 0.453. The Bertz CT molecular complexity index is 1050. The first-order valence-corrected chi connectivity index (χ1v) is 7.92. The molecule has 0 bridgehead atoms. The molecule has 0 unspecified atom stereocenters. The average Bonchev–Trinajstić information content (AvgIpc) is 2.64. The van der Waals surface area contributed by atoms with Gasteiger partial charge in [0.05, 0.1) is 37.2 Å². The molecule has 0 aliphatic carbocycles. The summed E-state index contributed by atoms with van der Waals surface area (Å²) in [5.41, 5.74) is 1.57. The minimum absolute atomic E-state index is 0.217. The largest absolute Gasteiger partial charge is 0.497 e. The van der Waals surface area contributed by atoms with Gasteiger partial charge in [-0.3, -0.25) is 9.36 Å². The minimum Gasteiger partial charge on any atom is -0.497 e. The number of nitrogens with one attached hydrogen (secondary N) is 1. The van der Waals surface area contributed by atoms with Crippen LogP contribution in [0.1, 0.15) is 15.9 Å². The lowest BCUT2D eigenvalue weighted by atomic mass is 10.1. The Labute approximate surface area is 148 Å². The number of aromatic amines is 1. The van der Waals surface area contributed by atoms with E-state index in [4.69, 9.17) is 21.7 Å². The standard InChI is InChI=1S/C18H16N2O4S/c1-23-13-6-3-11(4-7-13)10-20-16(21)14-8-5-12(17(22)24-2)9-15(14)19-18(20)25/h3-9H,10H2,1-2H3,(H,19,25). The van der Waals surface area contributed by atoms with Crippen LogP contribution in [0.5, 0.6) is 5.75 Å². The molecule has 25 heavy (non-hydrogen) atoms. The van der Waals surface area contributed by atoms with Gasteiger partial charge in [-0.1, -0.05) is 12.1 Å². The Morgan fingerprint density at radius 1 is 1.16 bits per heavy atom. The number of H-pyrrole nitrogens is 1. The smallest absolute Gasteiger partial charge is 0.337 e. The zero-order valence-corrected chi connectivity index (χ0v) is 14.6. The number of aromatic nitrogens is 2. The highest BCUT2D eigenvalue weighted by Gasteiger charge is 2.11. The van der Waals surface area contributed by atoms with Gasteiger partial charge in [0.25, 0.3) is 5.56 Å². The maximum Gasteiger partial charge on any atom is 0.337 e. The quantitative estimate of drug-likeness (QED) is 0.575. The van der Waals surface area contributed by atoms with E-state index in [9.17, 15) is 9.59 Å². The molecule has 2 aromatic carbocycles. The van der Waals surface area contributed by atoms with E-state index in [0.29, 0.717) is 23.0 Å². The van der Waals surface area contributed by atoms with Crippen LogP contribution in [0.3, 0.4) is 0 Å². The van der Waals surface area contributed by atoms with E-state index in [0.717, 1.165) is 11.3 Å². The third kappa shape index (κ3) is 3.32. The minimum atomic E-state index is -0.469. The molecule has 6 nitrogen and oxygen atoms in total. The molecule has 3 rings (SSSR count). The highest BCUT2D eigenvalue weighted by atomic mass is 32.1. The van der Waals surface area contributed by atoms with Crippen molar-refractivity contribution in [3.8, 4) is 5.75 Å². The van der Waals surface area contributed by atoms with E-state index in [1.165, 1.54) is 11.7 Å². The van der Waals surface area contributed by atoms with Crippen molar-refractivity contribution in [2.24, 2.45) is 0 Å². The number of carbonyl (C=O) groups excluding carboxylic acids is 1. The van der Waals surface area contributed by atoms with Gasteiger partial charge in [0.1, 0.15) is 5.75 Å². The predicted molar refractivity (Wildman–Crippen MR) is 96.8 cm³/mol. The van der Waals surface area contributed by atoms with Crippen molar-refractivity contribution in [2.75, 3.05) is 14.2 Å². The molecule has 0 aliphatic heterocycles. The van der Waals surface area contributed by atoms with Crippen LogP contribution in [0, 0.1) is 4.77 Å². The molecule has 128 valence electrons. The SMILES string of the molecule is COC(=O)c1ccc2c(=O)n(Cc3ccc(OC)cc3)c(=S)[nH]c2c1. The molecule has 3 aromatic rings. The van der Waals surface area contributed by atoms with Crippen LogP contribution in [0.15, 0.2) is 47.3 Å². The number of hydrogen-bond donors (Lipinski definition) is 1. The molecule has 0 aliphatic rings. The van der Waals surface area contributed by atoms with Crippen LogP contribution in [-0.2, 0) is 11.3 Å². The normalized spacial score (nSPS) is 10.6. The van der Waals surface area contributed by atoms with E-state index < -0.39 is 5.97 Å². The third-order valence-corrected chi connectivity index (χ3v) is 4.23. The molecule has 0 amide bonds. The van der Waals surface area contributed by atoms with Crippen molar-refractivity contribution in [3.05, 3.63) is 68.7 Å². The lowest BCUT2D eigenvalue weighted by molar-refractivity contribution is 0.0601. The van der Waals surface area contributed by atoms with Gasteiger partial charge < -0.3 is 14.5 Å². The lowest BCUT2D eigenvalue weighted by Crippen LogP contribution is -2.23. The van der Waals surface area contributed by atoms with Crippen LogP contribution < -0.4 is 10.3 Å². The Morgan fingerprint density at radius 3 is 2.52 bits per heavy atom. The van der Waals surface area contributed by atoms with E-state index >= 15 is 0 Å². The van der Waals surface area contributed by atoms with Gasteiger partial charge in [-0.25, -0.2) is 4.79 Å². The molecule has 0 atom stereocenters. The van der Waals surface area contributed by atoms with Crippen LogP contribution >= 0.6 is 12.2 Å². The summed E-state index contributed by atoms with van der Waals surface area (Å²) in [6.45, 7) is 0.340. The number of esters is 1. The Balaban J connectivity index is 2.05. The monoisotopic (exact) mass is 356 g/mol. The first-order chi connectivity index (χ1) is 12.0. The second kappa shape index (κ2) is 6.90. The van der Waals surface area contributed by atoms with Crippen molar-refractivity contribution in [3.63, 3.8) is 0 Å². The fraction of sp³-hybridized carbons (Fsp3) is 0.167. The fourth-order valence-electron chi connectivity index (χ4n) is 2.56. The maximum atomic E-state index is 12.8. The first-order valence-electron chi connectivity index (χ1n) is 7.51. The molecular weight excluding hydrogens is 340 g/mol. The number of methoxy groups -OCH3 is 2. The number of benzene rings is 2. The summed E-state index contributed by atoms with van der Waals surface area (Å²) in [6, 6.07) is 12.1. The number of hydrogen-bond acceptors (Lipinski definition) is 5. The van der Waals surface area contributed by atoms with E-state index in [2.05, 4.69) is 4.98 Å². The second-order valence-electron chi connectivity index (χ2n) is 5.42. The zero-order chi connectivity index (χ0) is 18.0. The van der Waals surface area contributed by atoms with E-state index in [1.54, 1.807) is 25.3 Å². The highest BCUT2D eigenvalue weighted by Crippen LogP contribution is 2.14. The Morgan fingerprint density at radius 2 is 1.88 bits per heavy atom. The summed E-state index contributed by atoms with van der Waals surface area (Å²) < 4.78 is 11.6. The average molecular weight is 356 g/mol. The third-order valence-electron chi connectivity index (χ3n) is 3.90. The summed E-state index contributed by atoms with van der Waals surface area (Å²) >= 11 is 5.32. The number of rotatable bonds is 4. The van der Waals surface area contributed by atoms with Crippen LogP contribution in [0.4, 0.5) is 0 Å². The summed E-state index contributed by atoms with van der Waals surface area (Å²) in [6.07, 6.45) is 0. The zero-order valence-electron chi connectivity index (χ0n) is 13.7. The number of fused-ring (bicyclic) bond motifs is 1. The molecule has 0 fully saturated rings. The Hall–Kier alpha value is -2.93. The van der Waals surface area contributed by atoms with Crippen LogP contribution in [0.25, 0.3) is 10.9 Å². The molecule has 0 saturated heterocycles. The Kier molecular flexibility index (Phi) is 4.67. The molecule has 1 N–H and O–H groups in total. The number of nitrogens with zero attached hydrogens (tertiary/aromatic N) is 1.